The van der Waals surface area contributed by atoms with Gasteiger partial charge in [-0.15, -0.1) is 0 Å². The molecule has 0 aromatic carbocycles. The van der Waals surface area contributed by atoms with Crippen LogP contribution in [0.2, 0.25) is 0 Å². The highest BCUT2D eigenvalue weighted by molar-refractivity contribution is 5.97. The number of carbonyl (C=O) groups is 2. The van der Waals surface area contributed by atoms with Gasteiger partial charge in [0, 0.05) is 43.7 Å². The predicted octanol–water partition coefficient (Wildman–Crippen LogP) is 2.05. The number of carbonyl (C=O) groups excluding carboxylic acids is 2. The van der Waals surface area contributed by atoms with Crippen LogP contribution in [0.25, 0.3) is 0 Å². The third-order valence-corrected chi connectivity index (χ3v) is 7.38. The van der Waals surface area contributed by atoms with E-state index in [2.05, 4.69) is 21.8 Å². The van der Waals surface area contributed by atoms with Crippen molar-refractivity contribution in [3.8, 4) is 17.7 Å². The van der Waals surface area contributed by atoms with Crippen molar-refractivity contribution in [2.45, 2.75) is 63.7 Å². The van der Waals surface area contributed by atoms with Crippen molar-refractivity contribution in [1.82, 2.24) is 19.8 Å². The maximum absolute atomic E-state index is 13.6. The van der Waals surface area contributed by atoms with Crippen LogP contribution in [0.4, 0.5) is 0 Å². The van der Waals surface area contributed by atoms with Gasteiger partial charge in [0.25, 0.3) is 5.91 Å². The monoisotopic (exact) mass is 520 g/mol. The molecule has 1 fully saturated rings. The highest BCUT2D eigenvalue weighted by atomic mass is 16.5. The number of likely N-dealkylation sites (N-methyl/N-ethyl adjacent to an activating group) is 1. The van der Waals surface area contributed by atoms with E-state index >= 15 is 0 Å². The average molecular weight is 521 g/mol. The zero-order chi connectivity index (χ0) is 27.3. The molecule has 1 saturated carbocycles. The Morgan fingerprint density at radius 1 is 1.32 bits per heavy atom. The summed E-state index contributed by atoms with van der Waals surface area (Å²) in [6.07, 6.45) is 7.81. The van der Waals surface area contributed by atoms with Crippen LogP contribution in [-0.2, 0) is 11.2 Å². The molecule has 3 heterocycles. The van der Waals surface area contributed by atoms with E-state index in [-0.39, 0.29) is 42.2 Å². The van der Waals surface area contributed by atoms with Crippen LogP contribution >= 0.6 is 0 Å². The number of aliphatic hydroxyl groups excluding tert-OH is 1. The minimum atomic E-state index is -1.00. The molecule has 0 radical (unpaired) electrons. The fraction of sp³-hybridized carbons (Fsp3) is 0.517. The fourth-order valence-electron chi connectivity index (χ4n) is 4.84. The largest absolute Gasteiger partial charge is 0.472 e. The van der Waals surface area contributed by atoms with Crippen LogP contribution in [-0.4, -0.2) is 86.3 Å². The molecule has 0 unspecified atom stereocenters. The Balaban J connectivity index is 1.60. The number of hydrogen-bond donors (Lipinski definition) is 2. The van der Waals surface area contributed by atoms with E-state index in [9.17, 15) is 19.8 Å². The maximum atomic E-state index is 13.6. The Bertz CT molecular complexity index is 1200. The summed E-state index contributed by atoms with van der Waals surface area (Å²) < 4.78 is 6.28. The molecule has 2 N–H and O–H groups in total. The smallest absolute Gasteiger partial charge is 0.259 e. The summed E-state index contributed by atoms with van der Waals surface area (Å²) in [7, 11) is 1.73. The number of fused-ring (bicyclic) bond motifs is 1. The van der Waals surface area contributed by atoms with E-state index in [1.165, 1.54) is 0 Å². The summed E-state index contributed by atoms with van der Waals surface area (Å²) in [5.74, 6) is 5.60. The lowest BCUT2D eigenvalue weighted by Crippen LogP contribution is -2.50. The molecule has 4 rings (SSSR count). The van der Waals surface area contributed by atoms with Gasteiger partial charge >= 0.3 is 0 Å². The summed E-state index contributed by atoms with van der Waals surface area (Å²) >= 11 is 0. The molecular weight excluding hydrogens is 484 g/mol. The molecule has 9 nitrogen and oxygen atoms in total. The fourth-order valence-corrected chi connectivity index (χ4v) is 4.84. The topological polar surface area (TPSA) is 116 Å². The van der Waals surface area contributed by atoms with Crippen molar-refractivity contribution >= 4 is 11.8 Å². The molecule has 202 valence electrons. The van der Waals surface area contributed by atoms with E-state index in [1.807, 2.05) is 19.1 Å². The number of nitrogens with zero attached hydrogens (tertiary/aromatic N) is 4. The first kappa shape index (κ1) is 27.6. The Morgan fingerprint density at radius 2 is 2.03 bits per heavy atom. The van der Waals surface area contributed by atoms with Gasteiger partial charge in [0.15, 0.2) is 0 Å². The molecule has 1 aliphatic carbocycles. The molecule has 38 heavy (non-hydrogen) atoms. The van der Waals surface area contributed by atoms with E-state index in [4.69, 9.17) is 4.74 Å². The van der Waals surface area contributed by atoms with Crippen molar-refractivity contribution in [3.63, 3.8) is 0 Å². The minimum absolute atomic E-state index is 0.0608. The van der Waals surface area contributed by atoms with Crippen LogP contribution in [0.3, 0.4) is 0 Å². The lowest BCUT2D eigenvalue weighted by molar-refractivity contribution is -0.130. The van der Waals surface area contributed by atoms with Gasteiger partial charge in [-0.1, -0.05) is 18.8 Å². The normalized spacial score (nSPS) is 21.3. The molecule has 1 aliphatic heterocycles. The van der Waals surface area contributed by atoms with Crippen molar-refractivity contribution < 1.29 is 24.5 Å². The van der Waals surface area contributed by atoms with E-state index < -0.39 is 17.7 Å². The summed E-state index contributed by atoms with van der Waals surface area (Å²) in [4.78, 5) is 38.2. The van der Waals surface area contributed by atoms with Crippen LogP contribution in [0.5, 0.6) is 5.88 Å². The Morgan fingerprint density at radius 3 is 2.71 bits per heavy atom. The van der Waals surface area contributed by atoms with E-state index in [1.54, 1.807) is 48.4 Å². The number of amides is 2. The van der Waals surface area contributed by atoms with Gasteiger partial charge in [0.1, 0.15) is 17.3 Å². The molecule has 2 aromatic heterocycles. The van der Waals surface area contributed by atoms with Gasteiger partial charge in [-0.2, -0.15) is 0 Å². The standard InChI is InChI=1S/C29H36N4O5/c1-20-17-33(21(2)19-34)28(36)24-14-23(6-11-29(37)9-4-5-10-29)16-31-27(24)38-25(20)18-32(3)26(35)15-22-7-12-30-13-8-22/h7-8,12-14,16,20-21,25,34,37H,4-5,9-10,15,17-19H2,1-3H3/t20-,21+,25-/m0/s1. The molecule has 3 atom stereocenters. The predicted molar refractivity (Wildman–Crippen MR) is 141 cm³/mol. The molecule has 2 aromatic rings. The van der Waals surface area contributed by atoms with Gasteiger partial charge in [-0.25, -0.2) is 4.98 Å². The molecule has 2 aliphatic rings. The summed E-state index contributed by atoms with van der Waals surface area (Å²) in [5.41, 5.74) is 0.626. The Labute approximate surface area is 223 Å². The number of aliphatic hydroxyl groups is 2. The Kier molecular flexibility index (Phi) is 8.65. The number of hydrogen-bond acceptors (Lipinski definition) is 7. The number of ether oxygens (including phenoxy) is 1. The quantitative estimate of drug-likeness (QED) is 0.560. The average Bonchev–Trinajstić information content (AvgIpc) is 3.36. The SMILES string of the molecule is C[C@H](CO)N1C[C@H](C)[C@H](CN(C)C(=O)Cc2ccncc2)Oc2ncc(C#CC3(O)CCCC3)cc2C1=O. The Hall–Kier alpha value is -3.48. The highest BCUT2D eigenvalue weighted by Crippen LogP contribution is 2.30. The third kappa shape index (κ3) is 6.50. The van der Waals surface area contributed by atoms with Gasteiger partial charge in [0.05, 0.1) is 25.6 Å². The van der Waals surface area contributed by atoms with Gasteiger partial charge in [0.2, 0.25) is 11.8 Å². The van der Waals surface area contributed by atoms with Gasteiger partial charge in [-0.05, 0) is 56.4 Å². The summed E-state index contributed by atoms with van der Waals surface area (Å²) in [6.45, 7) is 4.20. The second kappa shape index (κ2) is 11.9. The lowest BCUT2D eigenvalue weighted by atomic mass is 9.99. The van der Waals surface area contributed by atoms with Crippen molar-refractivity contribution in [1.29, 1.82) is 0 Å². The van der Waals surface area contributed by atoms with Crippen LogP contribution in [0, 0.1) is 17.8 Å². The van der Waals surface area contributed by atoms with Crippen molar-refractivity contribution in [3.05, 3.63) is 53.5 Å². The summed E-state index contributed by atoms with van der Waals surface area (Å²) in [6, 6.07) is 4.84. The van der Waals surface area contributed by atoms with Crippen LogP contribution < -0.4 is 4.74 Å². The molecule has 0 saturated heterocycles. The minimum Gasteiger partial charge on any atom is -0.472 e. The first-order chi connectivity index (χ1) is 18.2. The molecule has 0 spiro atoms. The molecule has 0 bridgehead atoms. The second-order valence-corrected chi connectivity index (χ2v) is 10.5. The molecule has 2 amide bonds. The third-order valence-electron chi connectivity index (χ3n) is 7.38. The molecular formula is C29H36N4O5. The second-order valence-electron chi connectivity index (χ2n) is 10.5. The van der Waals surface area contributed by atoms with Crippen molar-refractivity contribution in [2.24, 2.45) is 5.92 Å². The zero-order valence-corrected chi connectivity index (χ0v) is 22.3. The van der Waals surface area contributed by atoms with Crippen LogP contribution in [0.1, 0.15) is 61.0 Å². The number of aromatic nitrogens is 2. The number of rotatable bonds is 6. The van der Waals surface area contributed by atoms with Gasteiger partial charge < -0.3 is 24.7 Å². The maximum Gasteiger partial charge on any atom is 0.259 e. The lowest BCUT2D eigenvalue weighted by Gasteiger charge is -2.37. The highest BCUT2D eigenvalue weighted by Gasteiger charge is 2.35. The number of pyridine rings is 2. The first-order valence-corrected chi connectivity index (χ1v) is 13.2. The first-order valence-electron chi connectivity index (χ1n) is 13.2. The van der Waals surface area contributed by atoms with Crippen molar-refractivity contribution in [2.75, 3.05) is 26.7 Å². The van der Waals surface area contributed by atoms with Gasteiger partial charge in [-0.3, -0.25) is 14.6 Å². The summed E-state index contributed by atoms with van der Waals surface area (Å²) in [5, 5.41) is 20.5. The zero-order valence-electron chi connectivity index (χ0n) is 22.3. The van der Waals surface area contributed by atoms with E-state index in [0.29, 0.717) is 31.5 Å². The molecule has 9 heteroatoms. The van der Waals surface area contributed by atoms with Crippen LogP contribution in [0.15, 0.2) is 36.8 Å². The van der Waals surface area contributed by atoms with E-state index in [0.717, 1.165) is 18.4 Å².